The number of phenolic OH excluding ortho intramolecular Hbond substituents is 1. The number of benzene rings is 2. The number of carbonyl (C=O) groups excluding carboxylic acids is 1. The van der Waals surface area contributed by atoms with Gasteiger partial charge in [0.15, 0.2) is 5.78 Å². The number of anilines is 1. The maximum Gasteiger partial charge on any atom is 0.193 e. The summed E-state index contributed by atoms with van der Waals surface area (Å²) in [6.07, 6.45) is 0. The molecule has 0 bridgehead atoms. The first-order chi connectivity index (χ1) is 8.08. The van der Waals surface area contributed by atoms with E-state index in [0.717, 1.165) is 0 Å². The largest absolute Gasteiger partial charge is 0.506 e. The van der Waals surface area contributed by atoms with Crippen molar-refractivity contribution in [3.63, 3.8) is 0 Å². The number of rotatable bonds is 2. The van der Waals surface area contributed by atoms with E-state index >= 15 is 0 Å². The maximum atomic E-state index is 12.1. The third-order valence-corrected chi connectivity index (χ3v) is 2.61. The van der Waals surface area contributed by atoms with Crippen LogP contribution in [0.25, 0.3) is 0 Å². The Balaban J connectivity index is 2.40. The second-order valence-corrected chi connectivity index (χ2v) is 4.05. The van der Waals surface area contributed by atoms with Gasteiger partial charge in [0.1, 0.15) is 5.75 Å². The predicted molar refractivity (Wildman–Crippen MR) is 67.4 cm³/mol. The van der Waals surface area contributed by atoms with Crippen LogP contribution >= 0.6 is 11.6 Å². The van der Waals surface area contributed by atoms with E-state index in [-0.39, 0.29) is 17.2 Å². The number of halogens is 1. The van der Waals surface area contributed by atoms with Crippen LogP contribution in [0.1, 0.15) is 15.9 Å². The van der Waals surface area contributed by atoms with Gasteiger partial charge in [-0.2, -0.15) is 0 Å². The van der Waals surface area contributed by atoms with E-state index in [2.05, 4.69) is 0 Å². The number of nitrogens with two attached hydrogens (primary N) is 1. The number of aromatic hydroxyl groups is 1. The zero-order valence-electron chi connectivity index (χ0n) is 8.85. The van der Waals surface area contributed by atoms with E-state index in [1.165, 1.54) is 18.2 Å². The standard InChI is InChI=1S/C13H10ClNO2/c14-10-3-1-2-8(6-10)13(17)9-4-5-12(16)11(15)7-9/h1-7,16H,15H2. The van der Waals surface area contributed by atoms with E-state index < -0.39 is 0 Å². The van der Waals surface area contributed by atoms with Crippen LogP contribution in [-0.2, 0) is 0 Å². The highest BCUT2D eigenvalue weighted by Crippen LogP contribution is 2.22. The molecule has 0 amide bonds. The van der Waals surface area contributed by atoms with Gasteiger partial charge in [-0.15, -0.1) is 0 Å². The summed E-state index contributed by atoms with van der Waals surface area (Å²) in [4.78, 5) is 12.1. The molecule has 0 radical (unpaired) electrons. The van der Waals surface area contributed by atoms with Crippen LogP contribution in [0.4, 0.5) is 5.69 Å². The topological polar surface area (TPSA) is 63.3 Å². The average molecular weight is 248 g/mol. The van der Waals surface area contributed by atoms with Crippen molar-refractivity contribution >= 4 is 23.1 Å². The zero-order valence-corrected chi connectivity index (χ0v) is 9.61. The summed E-state index contributed by atoms with van der Waals surface area (Å²) in [6.45, 7) is 0. The SMILES string of the molecule is Nc1cc(C(=O)c2cccc(Cl)c2)ccc1O. The Morgan fingerprint density at radius 1 is 1.12 bits per heavy atom. The molecule has 0 heterocycles. The molecule has 0 spiro atoms. The molecular weight excluding hydrogens is 238 g/mol. The number of hydrogen-bond donors (Lipinski definition) is 2. The second kappa shape index (κ2) is 4.47. The molecule has 0 aliphatic rings. The highest BCUT2D eigenvalue weighted by molar-refractivity contribution is 6.31. The Morgan fingerprint density at radius 3 is 2.47 bits per heavy atom. The molecule has 2 aromatic carbocycles. The molecule has 4 heteroatoms. The first kappa shape index (κ1) is 11.5. The molecule has 2 aromatic rings. The molecule has 17 heavy (non-hydrogen) atoms. The minimum atomic E-state index is -0.181. The van der Waals surface area contributed by atoms with Gasteiger partial charge >= 0.3 is 0 Å². The number of carbonyl (C=O) groups is 1. The molecule has 0 aliphatic carbocycles. The molecule has 0 saturated carbocycles. The first-order valence-electron chi connectivity index (χ1n) is 4.96. The predicted octanol–water partition coefficient (Wildman–Crippen LogP) is 2.86. The minimum Gasteiger partial charge on any atom is -0.506 e. The molecule has 0 fully saturated rings. The van der Waals surface area contributed by atoms with Crippen molar-refractivity contribution in [1.82, 2.24) is 0 Å². The normalized spacial score (nSPS) is 10.2. The van der Waals surface area contributed by atoms with Gasteiger partial charge in [-0.25, -0.2) is 0 Å². The number of hydrogen-bond acceptors (Lipinski definition) is 3. The Morgan fingerprint density at radius 2 is 1.82 bits per heavy atom. The van der Waals surface area contributed by atoms with Crippen LogP contribution in [0.3, 0.4) is 0 Å². The van der Waals surface area contributed by atoms with Crippen LogP contribution in [0.5, 0.6) is 5.75 Å². The monoisotopic (exact) mass is 247 g/mol. The molecule has 0 saturated heterocycles. The fourth-order valence-corrected chi connectivity index (χ4v) is 1.68. The molecule has 0 unspecified atom stereocenters. The minimum absolute atomic E-state index is 0.0346. The molecule has 0 aliphatic heterocycles. The highest BCUT2D eigenvalue weighted by atomic mass is 35.5. The zero-order chi connectivity index (χ0) is 12.4. The highest BCUT2D eigenvalue weighted by Gasteiger charge is 2.10. The Hall–Kier alpha value is -2.00. The van der Waals surface area contributed by atoms with Crippen molar-refractivity contribution in [1.29, 1.82) is 0 Å². The lowest BCUT2D eigenvalue weighted by Crippen LogP contribution is -2.02. The van der Waals surface area contributed by atoms with E-state index in [0.29, 0.717) is 16.1 Å². The van der Waals surface area contributed by atoms with E-state index in [9.17, 15) is 9.90 Å². The Labute approximate surface area is 103 Å². The third kappa shape index (κ3) is 2.40. The summed E-state index contributed by atoms with van der Waals surface area (Å²) in [5.74, 6) is -0.216. The Bertz CT molecular complexity index is 581. The van der Waals surface area contributed by atoms with Crippen LogP contribution < -0.4 is 5.73 Å². The summed E-state index contributed by atoms with van der Waals surface area (Å²) in [6, 6.07) is 11.0. The van der Waals surface area contributed by atoms with Crippen LogP contribution in [0.2, 0.25) is 5.02 Å². The van der Waals surface area contributed by atoms with Crippen molar-refractivity contribution in [3.8, 4) is 5.75 Å². The summed E-state index contributed by atoms with van der Waals surface area (Å²) in [7, 11) is 0. The van der Waals surface area contributed by atoms with E-state index in [1.54, 1.807) is 24.3 Å². The molecule has 3 N–H and O–H groups in total. The van der Waals surface area contributed by atoms with Crippen molar-refractivity contribution in [2.45, 2.75) is 0 Å². The molecular formula is C13H10ClNO2. The van der Waals surface area contributed by atoms with Crippen molar-refractivity contribution < 1.29 is 9.90 Å². The fourth-order valence-electron chi connectivity index (χ4n) is 1.49. The lowest BCUT2D eigenvalue weighted by Gasteiger charge is -2.04. The molecule has 2 rings (SSSR count). The van der Waals surface area contributed by atoms with E-state index in [1.807, 2.05) is 0 Å². The van der Waals surface area contributed by atoms with Crippen molar-refractivity contribution in [2.24, 2.45) is 0 Å². The van der Waals surface area contributed by atoms with Gasteiger partial charge in [-0.05, 0) is 30.3 Å². The molecule has 86 valence electrons. The molecule has 0 atom stereocenters. The van der Waals surface area contributed by atoms with Gasteiger partial charge < -0.3 is 10.8 Å². The summed E-state index contributed by atoms with van der Waals surface area (Å²) in [5.41, 5.74) is 6.62. The summed E-state index contributed by atoms with van der Waals surface area (Å²) in [5, 5.41) is 9.79. The van der Waals surface area contributed by atoms with Crippen LogP contribution in [-0.4, -0.2) is 10.9 Å². The van der Waals surface area contributed by atoms with Crippen LogP contribution in [0, 0.1) is 0 Å². The lowest BCUT2D eigenvalue weighted by molar-refractivity contribution is 0.103. The van der Waals surface area contributed by atoms with Crippen molar-refractivity contribution in [3.05, 3.63) is 58.6 Å². The average Bonchev–Trinajstić information content (AvgIpc) is 2.32. The van der Waals surface area contributed by atoms with Gasteiger partial charge in [-0.1, -0.05) is 23.7 Å². The maximum absolute atomic E-state index is 12.1. The first-order valence-corrected chi connectivity index (χ1v) is 5.34. The van der Waals surface area contributed by atoms with Gasteiger partial charge in [0.05, 0.1) is 5.69 Å². The van der Waals surface area contributed by atoms with E-state index in [4.69, 9.17) is 17.3 Å². The van der Waals surface area contributed by atoms with Gasteiger partial charge in [-0.3, -0.25) is 4.79 Å². The molecule has 0 aromatic heterocycles. The Kier molecular flexibility index (Phi) is 3.02. The molecule has 3 nitrogen and oxygen atoms in total. The van der Waals surface area contributed by atoms with Crippen molar-refractivity contribution in [2.75, 3.05) is 5.73 Å². The summed E-state index contributed by atoms with van der Waals surface area (Å²) < 4.78 is 0. The smallest absolute Gasteiger partial charge is 0.193 e. The number of nitrogen functional groups attached to an aromatic ring is 1. The van der Waals surface area contributed by atoms with Gasteiger partial charge in [0.2, 0.25) is 0 Å². The van der Waals surface area contributed by atoms with Gasteiger partial charge in [0, 0.05) is 16.1 Å². The fraction of sp³-hybridized carbons (Fsp3) is 0. The summed E-state index contributed by atoms with van der Waals surface area (Å²) >= 11 is 5.82. The van der Waals surface area contributed by atoms with Gasteiger partial charge in [0.25, 0.3) is 0 Å². The third-order valence-electron chi connectivity index (χ3n) is 2.38. The second-order valence-electron chi connectivity index (χ2n) is 3.61. The van der Waals surface area contributed by atoms with Crippen LogP contribution in [0.15, 0.2) is 42.5 Å². The number of phenols is 1. The number of ketones is 1. The quantitative estimate of drug-likeness (QED) is 0.487. The lowest BCUT2D eigenvalue weighted by atomic mass is 10.0.